The molecule has 0 radical (unpaired) electrons. The topological polar surface area (TPSA) is 111 Å². The Morgan fingerprint density at radius 1 is 1.29 bits per heavy atom. The monoisotopic (exact) mass is 289 g/mol. The highest BCUT2D eigenvalue weighted by atomic mass is 16.3. The Balaban J connectivity index is 1.82. The van der Waals surface area contributed by atoms with E-state index in [0.717, 1.165) is 25.9 Å². The van der Waals surface area contributed by atoms with Crippen molar-refractivity contribution in [3.63, 3.8) is 0 Å². The molecule has 21 heavy (non-hydrogen) atoms. The molecule has 7 heteroatoms. The molecule has 0 bridgehead atoms. The third kappa shape index (κ3) is 2.92. The maximum absolute atomic E-state index is 9.53. The highest BCUT2D eigenvalue weighted by Crippen LogP contribution is 2.28. The number of rotatable bonds is 3. The molecule has 1 aliphatic rings. The number of hydrogen-bond donors (Lipinski definition) is 4. The van der Waals surface area contributed by atoms with Crippen molar-refractivity contribution in [1.29, 1.82) is 0 Å². The fourth-order valence-corrected chi connectivity index (χ4v) is 2.69. The number of H-pyrrole nitrogens is 1. The van der Waals surface area contributed by atoms with Crippen molar-refractivity contribution in [2.24, 2.45) is 11.7 Å². The second kappa shape index (κ2) is 5.61. The number of aromatic hydroxyl groups is 2. The molecule has 1 aliphatic heterocycles. The zero-order valence-corrected chi connectivity index (χ0v) is 11.7. The van der Waals surface area contributed by atoms with Crippen LogP contribution in [-0.2, 0) is 0 Å². The molecule has 7 nitrogen and oxygen atoms in total. The average Bonchev–Trinajstić information content (AvgIpc) is 2.96. The van der Waals surface area contributed by atoms with Gasteiger partial charge in [-0.1, -0.05) is 0 Å². The zero-order chi connectivity index (χ0) is 14.8. The van der Waals surface area contributed by atoms with Crippen LogP contribution in [0.3, 0.4) is 0 Å². The standard InChI is InChI=1S/C14H19N5O2/c15-7-9-2-1-3-19(8-9)14-16-13(17-18-14)10-4-11(20)6-12(21)5-10/h4-6,9,20-21H,1-3,7-8,15H2,(H,16,17,18). The first-order valence-electron chi connectivity index (χ1n) is 7.06. The Kier molecular flexibility index (Phi) is 3.66. The van der Waals surface area contributed by atoms with Gasteiger partial charge in [-0.05, 0) is 37.4 Å². The van der Waals surface area contributed by atoms with Gasteiger partial charge in [-0.2, -0.15) is 4.98 Å². The van der Waals surface area contributed by atoms with Crippen LogP contribution in [-0.4, -0.2) is 45.0 Å². The number of benzene rings is 1. The minimum absolute atomic E-state index is 0.0101. The molecule has 0 amide bonds. The van der Waals surface area contributed by atoms with Crippen LogP contribution in [0.2, 0.25) is 0 Å². The maximum Gasteiger partial charge on any atom is 0.245 e. The third-order valence-electron chi connectivity index (χ3n) is 3.78. The van der Waals surface area contributed by atoms with E-state index >= 15 is 0 Å². The lowest BCUT2D eigenvalue weighted by Gasteiger charge is -2.31. The van der Waals surface area contributed by atoms with Crippen LogP contribution in [0.15, 0.2) is 18.2 Å². The summed E-state index contributed by atoms with van der Waals surface area (Å²) in [6.07, 6.45) is 2.23. The molecule has 1 atom stereocenters. The first kappa shape index (κ1) is 13.7. The minimum Gasteiger partial charge on any atom is -0.508 e. The molecule has 112 valence electrons. The molecule has 1 unspecified atom stereocenters. The van der Waals surface area contributed by atoms with Gasteiger partial charge in [0.1, 0.15) is 11.5 Å². The first-order chi connectivity index (χ1) is 10.2. The molecule has 0 spiro atoms. The Morgan fingerprint density at radius 2 is 2.05 bits per heavy atom. The van der Waals surface area contributed by atoms with Crippen molar-refractivity contribution >= 4 is 5.95 Å². The Hall–Kier alpha value is -2.28. The molecule has 1 aromatic heterocycles. The molecule has 1 aromatic carbocycles. The normalized spacial score (nSPS) is 18.9. The van der Waals surface area contributed by atoms with Crippen molar-refractivity contribution in [3.05, 3.63) is 18.2 Å². The van der Waals surface area contributed by atoms with E-state index < -0.39 is 0 Å². The van der Waals surface area contributed by atoms with Crippen molar-refractivity contribution < 1.29 is 10.2 Å². The van der Waals surface area contributed by atoms with E-state index in [9.17, 15) is 10.2 Å². The number of phenols is 2. The summed E-state index contributed by atoms with van der Waals surface area (Å²) in [5.41, 5.74) is 6.34. The van der Waals surface area contributed by atoms with Gasteiger partial charge in [0, 0.05) is 24.7 Å². The number of nitrogens with one attached hydrogen (secondary N) is 1. The zero-order valence-electron chi connectivity index (χ0n) is 11.7. The van der Waals surface area contributed by atoms with Crippen LogP contribution in [0.1, 0.15) is 12.8 Å². The summed E-state index contributed by atoms with van der Waals surface area (Å²) in [5, 5.41) is 26.1. The van der Waals surface area contributed by atoms with E-state index in [-0.39, 0.29) is 11.5 Å². The number of aromatic nitrogens is 3. The van der Waals surface area contributed by atoms with Crippen LogP contribution < -0.4 is 10.6 Å². The molecule has 1 saturated heterocycles. The number of hydrogen-bond acceptors (Lipinski definition) is 6. The molecule has 5 N–H and O–H groups in total. The summed E-state index contributed by atoms with van der Waals surface area (Å²) in [6, 6.07) is 4.34. The number of piperidine rings is 1. The van der Waals surface area contributed by atoms with Crippen molar-refractivity contribution in [2.75, 3.05) is 24.5 Å². The van der Waals surface area contributed by atoms with Crippen LogP contribution in [0, 0.1) is 5.92 Å². The van der Waals surface area contributed by atoms with Gasteiger partial charge in [0.25, 0.3) is 0 Å². The molecule has 3 rings (SSSR count). The van der Waals surface area contributed by atoms with E-state index in [1.54, 1.807) is 0 Å². The number of nitrogens with zero attached hydrogens (tertiary/aromatic N) is 3. The lowest BCUT2D eigenvalue weighted by molar-refractivity contribution is 0.420. The van der Waals surface area contributed by atoms with Crippen LogP contribution in [0.25, 0.3) is 11.4 Å². The van der Waals surface area contributed by atoms with Gasteiger partial charge in [-0.15, -0.1) is 5.10 Å². The summed E-state index contributed by atoms with van der Waals surface area (Å²) in [6.45, 7) is 2.45. The quantitative estimate of drug-likeness (QED) is 0.672. The maximum atomic E-state index is 9.53. The number of nitrogens with two attached hydrogens (primary N) is 1. The van der Waals surface area contributed by atoms with Gasteiger partial charge in [-0.25, -0.2) is 0 Å². The smallest absolute Gasteiger partial charge is 0.245 e. The Bertz CT molecular complexity index is 607. The molecule has 0 saturated carbocycles. The summed E-state index contributed by atoms with van der Waals surface area (Å²) >= 11 is 0. The summed E-state index contributed by atoms with van der Waals surface area (Å²) in [4.78, 5) is 6.57. The lowest BCUT2D eigenvalue weighted by atomic mass is 9.99. The second-order valence-electron chi connectivity index (χ2n) is 5.41. The van der Waals surface area contributed by atoms with Gasteiger partial charge in [0.15, 0.2) is 5.82 Å². The fraction of sp³-hybridized carbons (Fsp3) is 0.429. The van der Waals surface area contributed by atoms with Gasteiger partial charge in [0.05, 0.1) is 0 Å². The summed E-state index contributed by atoms with van der Waals surface area (Å²) < 4.78 is 0. The average molecular weight is 289 g/mol. The number of phenolic OH excluding ortho intramolecular Hbond substituents is 2. The van der Waals surface area contributed by atoms with Crippen molar-refractivity contribution in [3.8, 4) is 22.9 Å². The first-order valence-corrected chi connectivity index (χ1v) is 7.06. The van der Waals surface area contributed by atoms with Gasteiger partial charge >= 0.3 is 0 Å². The fourth-order valence-electron chi connectivity index (χ4n) is 2.69. The molecule has 0 aliphatic carbocycles. The molecular weight excluding hydrogens is 270 g/mol. The highest BCUT2D eigenvalue weighted by molar-refractivity contribution is 5.61. The van der Waals surface area contributed by atoms with Crippen LogP contribution in [0.5, 0.6) is 11.5 Å². The van der Waals surface area contributed by atoms with E-state index in [1.165, 1.54) is 18.2 Å². The van der Waals surface area contributed by atoms with Gasteiger partial charge < -0.3 is 20.8 Å². The Labute approximate surface area is 122 Å². The highest BCUT2D eigenvalue weighted by Gasteiger charge is 2.22. The molecule has 1 fully saturated rings. The number of anilines is 1. The predicted octanol–water partition coefficient (Wildman–Crippen LogP) is 1.06. The SMILES string of the molecule is NCC1CCCN(c2n[nH]c(-c3cc(O)cc(O)c3)n2)C1. The summed E-state index contributed by atoms with van der Waals surface area (Å²) in [5.74, 6) is 1.61. The second-order valence-corrected chi connectivity index (χ2v) is 5.41. The van der Waals surface area contributed by atoms with Crippen molar-refractivity contribution in [2.45, 2.75) is 12.8 Å². The predicted molar refractivity (Wildman–Crippen MR) is 79.1 cm³/mol. The number of aromatic amines is 1. The van der Waals surface area contributed by atoms with E-state index in [1.807, 2.05) is 0 Å². The minimum atomic E-state index is -0.0101. The van der Waals surface area contributed by atoms with Crippen LogP contribution in [0.4, 0.5) is 5.95 Å². The Morgan fingerprint density at radius 3 is 2.76 bits per heavy atom. The molecular formula is C14H19N5O2. The largest absolute Gasteiger partial charge is 0.508 e. The molecule has 2 heterocycles. The third-order valence-corrected chi connectivity index (χ3v) is 3.78. The van der Waals surface area contributed by atoms with Gasteiger partial charge in [0.2, 0.25) is 5.95 Å². The molecule has 2 aromatic rings. The van der Waals surface area contributed by atoms with E-state index in [0.29, 0.717) is 29.8 Å². The van der Waals surface area contributed by atoms with Gasteiger partial charge in [-0.3, -0.25) is 5.10 Å². The van der Waals surface area contributed by atoms with Crippen molar-refractivity contribution in [1.82, 2.24) is 15.2 Å². The van der Waals surface area contributed by atoms with E-state index in [2.05, 4.69) is 20.1 Å². The van der Waals surface area contributed by atoms with E-state index in [4.69, 9.17) is 5.73 Å². The lowest BCUT2D eigenvalue weighted by Crippen LogP contribution is -2.38. The summed E-state index contributed by atoms with van der Waals surface area (Å²) in [7, 11) is 0. The van der Waals surface area contributed by atoms with Crippen LogP contribution >= 0.6 is 0 Å².